The number of hydrogen-bond donors (Lipinski definition) is 7. The third kappa shape index (κ3) is 10.9. The first kappa shape index (κ1) is 31.0. The van der Waals surface area contributed by atoms with Crippen LogP contribution >= 0.6 is 0 Å². The van der Waals surface area contributed by atoms with Gasteiger partial charge in [0.15, 0.2) is 0 Å². The van der Waals surface area contributed by atoms with Gasteiger partial charge >= 0.3 is 5.97 Å². The molecule has 9 N–H and O–H groups in total. The van der Waals surface area contributed by atoms with Crippen LogP contribution in [0.15, 0.2) is 42.9 Å². The van der Waals surface area contributed by atoms with Crippen molar-refractivity contribution in [1.29, 1.82) is 0 Å². The van der Waals surface area contributed by atoms with E-state index in [0.717, 1.165) is 0 Å². The molecular weight excluding hydrogens is 506 g/mol. The predicted octanol–water partition coefficient (Wildman–Crippen LogP) is -0.627. The minimum absolute atomic E-state index is 0.0106. The van der Waals surface area contributed by atoms with Crippen molar-refractivity contribution in [3.8, 4) is 0 Å². The van der Waals surface area contributed by atoms with Gasteiger partial charge in [-0.15, -0.1) is 0 Å². The van der Waals surface area contributed by atoms with Crippen molar-refractivity contribution in [2.24, 2.45) is 17.4 Å². The number of carbonyl (C=O) groups excluding carboxylic acids is 4. The lowest BCUT2D eigenvalue weighted by Crippen LogP contribution is -2.58. The van der Waals surface area contributed by atoms with Crippen molar-refractivity contribution in [2.75, 3.05) is 0 Å². The summed E-state index contributed by atoms with van der Waals surface area (Å²) in [6.45, 7) is 3.75. The third-order valence-electron chi connectivity index (χ3n) is 5.88. The topological polar surface area (TPSA) is 222 Å². The largest absolute Gasteiger partial charge is 0.480 e. The maximum atomic E-state index is 13.4. The summed E-state index contributed by atoms with van der Waals surface area (Å²) in [6.07, 6.45) is 3.08. The van der Waals surface area contributed by atoms with E-state index in [9.17, 15) is 29.1 Å². The summed E-state index contributed by atoms with van der Waals surface area (Å²) in [7, 11) is 0. The molecule has 4 unspecified atom stereocenters. The average Bonchev–Trinajstić information content (AvgIpc) is 3.38. The Morgan fingerprint density at radius 1 is 0.923 bits per heavy atom. The van der Waals surface area contributed by atoms with Gasteiger partial charge in [-0.1, -0.05) is 44.2 Å². The van der Waals surface area contributed by atoms with E-state index < -0.39 is 53.8 Å². The second kappa shape index (κ2) is 15.2. The first-order valence-electron chi connectivity index (χ1n) is 12.6. The molecule has 39 heavy (non-hydrogen) atoms. The Kier molecular flexibility index (Phi) is 12.1. The molecule has 13 nitrogen and oxygen atoms in total. The molecule has 0 aliphatic heterocycles. The number of carboxylic acids is 1. The lowest BCUT2D eigenvalue weighted by Gasteiger charge is -2.26. The molecule has 13 heteroatoms. The Morgan fingerprint density at radius 2 is 1.54 bits per heavy atom. The molecular formula is C26H37N7O6. The number of H-pyrrole nitrogens is 1. The standard InChI is InChI=1S/C26H37N7O6/c1-15(2)10-20(32-23(35)18(27)12-17-13-29-14-30-17)24(36)33-21(11-16-6-4-3-5-7-16)25(37)31-19(26(38)39)8-9-22(28)34/h3-7,13-15,18-21H,8-12,27H2,1-2H3,(H2,28,34)(H,29,30)(H,31,37)(H,32,35)(H,33,36)(H,38,39). The smallest absolute Gasteiger partial charge is 0.326 e. The first-order chi connectivity index (χ1) is 18.5. The summed E-state index contributed by atoms with van der Waals surface area (Å²) in [5.74, 6) is -3.96. The molecule has 0 saturated heterocycles. The van der Waals surface area contributed by atoms with Crippen LogP contribution in [0.2, 0.25) is 0 Å². The van der Waals surface area contributed by atoms with Gasteiger partial charge in [0.1, 0.15) is 18.1 Å². The Hall–Kier alpha value is -4.26. The van der Waals surface area contributed by atoms with Crippen LogP contribution in [0.5, 0.6) is 0 Å². The quantitative estimate of drug-likeness (QED) is 0.144. The van der Waals surface area contributed by atoms with Gasteiger partial charge in [-0.3, -0.25) is 19.2 Å². The number of amides is 4. The van der Waals surface area contributed by atoms with Crippen molar-refractivity contribution in [3.63, 3.8) is 0 Å². The molecule has 1 aromatic heterocycles. The molecule has 212 valence electrons. The second-order valence-corrected chi connectivity index (χ2v) is 9.73. The highest BCUT2D eigenvalue weighted by molar-refractivity contribution is 5.94. The summed E-state index contributed by atoms with van der Waals surface area (Å²) >= 11 is 0. The third-order valence-corrected chi connectivity index (χ3v) is 5.88. The maximum Gasteiger partial charge on any atom is 0.326 e. The van der Waals surface area contributed by atoms with E-state index in [1.165, 1.54) is 6.33 Å². The fraction of sp³-hybridized carbons (Fsp3) is 0.462. The number of nitrogens with zero attached hydrogens (tertiary/aromatic N) is 1. The van der Waals surface area contributed by atoms with Crippen LogP contribution in [0.3, 0.4) is 0 Å². The number of aromatic amines is 1. The minimum Gasteiger partial charge on any atom is -0.480 e. The molecule has 0 bridgehead atoms. The predicted molar refractivity (Wildman–Crippen MR) is 142 cm³/mol. The Morgan fingerprint density at radius 3 is 2.10 bits per heavy atom. The molecule has 0 aliphatic rings. The normalized spacial score (nSPS) is 14.1. The molecule has 0 saturated carbocycles. The fourth-order valence-electron chi connectivity index (χ4n) is 3.86. The molecule has 1 heterocycles. The monoisotopic (exact) mass is 543 g/mol. The Balaban J connectivity index is 2.19. The van der Waals surface area contributed by atoms with E-state index in [-0.39, 0.29) is 38.0 Å². The number of nitrogens with one attached hydrogen (secondary N) is 4. The Labute approximate surface area is 226 Å². The van der Waals surface area contributed by atoms with Gasteiger partial charge in [-0.2, -0.15) is 0 Å². The number of carbonyl (C=O) groups is 5. The van der Waals surface area contributed by atoms with Gasteiger partial charge in [0.25, 0.3) is 0 Å². The number of rotatable bonds is 16. The van der Waals surface area contributed by atoms with Gasteiger partial charge in [-0.05, 0) is 24.3 Å². The van der Waals surface area contributed by atoms with E-state index in [0.29, 0.717) is 11.3 Å². The molecule has 2 rings (SSSR count). The van der Waals surface area contributed by atoms with Gasteiger partial charge in [0.05, 0.1) is 12.4 Å². The molecule has 0 fully saturated rings. The number of aromatic nitrogens is 2. The van der Waals surface area contributed by atoms with Crippen LogP contribution in [-0.4, -0.2) is 68.8 Å². The summed E-state index contributed by atoms with van der Waals surface area (Å²) in [6, 6.07) is 4.35. The zero-order valence-corrected chi connectivity index (χ0v) is 22.1. The van der Waals surface area contributed by atoms with Crippen LogP contribution in [0.1, 0.15) is 44.4 Å². The molecule has 1 aromatic carbocycles. The van der Waals surface area contributed by atoms with Gasteiger partial charge in [-0.25, -0.2) is 9.78 Å². The summed E-state index contributed by atoms with van der Waals surface area (Å²) < 4.78 is 0. The SMILES string of the molecule is CC(C)CC(NC(=O)C(N)Cc1cnc[nH]1)C(=O)NC(Cc1ccccc1)C(=O)NC(CCC(N)=O)C(=O)O. The van der Waals surface area contributed by atoms with Crippen LogP contribution in [0, 0.1) is 5.92 Å². The van der Waals surface area contributed by atoms with Crippen LogP contribution < -0.4 is 27.4 Å². The van der Waals surface area contributed by atoms with E-state index in [1.54, 1.807) is 36.5 Å². The zero-order chi connectivity index (χ0) is 28.9. The molecule has 0 spiro atoms. The van der Waals surface area contributed by atoms with Crippen molar-refractivity contribution < 1.29 is 29.1 Å². The molecule has 4 amide bonds. The molecule has 4 atom stereocenters. The van der Waals surface area contributed by atoms with Gasteiger partial charge in [0.2, 0.25) is 23.6 Å². The molecule has 0 radical (unpaired) electrons. The van der Waals surface area contributed by atoms with Crippen molar-refractivity contribution in [3.05, 3.63) is 54.1 Å². The number of aliphatic carboxylic acids is 1. The van der Waals surface area contributed by atoms with E-state index in [1.807, 2.05) is 13.8 Å². The van der Waals surface area contributed by atoms with Crippen LogP contribution in [-0.2, 0) is 36.8 Å². The van der Waals surface area contributed by atoms with Crippen molar-refractivity contribution in [2.45, 2.75) is 70.1 Å². The van der Waals surface area contributed by atoms with Crippen molar-refractivity contribution in [1.82, 2.24) is 25.9 Å². The summed E-state index contributed by atoms with van der Waals surface area (Å²) in [5, 5.41) is 17.2. The van der Waals surface area contributed by atoms with E-state index in [4.69, 9.17) is 11.5 Å². The lowest BCUT2D eigenvalue weighted by atomic mass is 10.00. The lowest BCUT2D eigenvalue weighted by molar-refractivity contribution is -0.142. The molecule has 0 aliphatic carbocycles. The van der Waals surface area contributed by atoms with E-state index in [2.05, 4.69) is 25.9 Å². The number of hydrogen-bond acceptors (Lipinski definition) is 7. The summed E-state index contributed by atoms with van der Waals surface area (Å²) in [4.78, 5) is 68.9. The summed E-state index contributed by atoms with van der Waals surface area (Å²) in [5.41, 5.74) is 12.5. The van der Waals surface area contributed by atoms with Gasteiger partial charge in [0, 0.05) is 31.2 Å². The van der Waals surface area contributed by atoms with Crippen molar-refractivity contribution >= 4 is 29.6 Å². The number of benzene rings is 1. The number of imidazole rings is 1. The average molecular weight is 544 g/mol. The van der Waals surface area contributed by atoms with E-state index >= 15 is 0 Å². The molecule has 2 aromatic rings. The van der Waals surface area contributed by atoms with Crippen LogP contribution in [0.25, 0.3) is 0 Å². The highest BCUT2D eigenvalue weighted by Gasteiger charge is 2.31. The fourth-order valence-corrected chi connectivity index (χ4v) is 3.86. The maximum absolute atomic E-state index is 13.4. The number of carboxylic acid groups (broad SMARTS) is 1. The Bertz CT molecular complexity index is 1110. The number of nitrogens with two attached hydrogens (primary N) is 2. The highest BCUT2D eigenvalue weighted by atomic mass is 16.4. The minimum atomic E-state index is -1.38. The van der Waals surface area contributed by atoms with Gasteiger partial charge < -0.3 is 37.5 Å². The van der Waals surface area contributed by atoms with Crippen LogP contribution in [0.4, 0.5) is 0 Å². The number of primary amides is 1. The second-order valence-electron chi connectivity index (χ2n) is 9.73. The zero-order valence-electron chi connectivity index (χ0n) is 22.1. The highest BCUT2D eigenvalue weighted by Crippen LogP contribution is 2.10. The first-order valence-corrected chi connectivity index (χ1v) is 12.6.